The molecule has 5 aliphatic heterocycles. The highest BCUT2D eigenvalue weighted by molar-refractivity contribution is 7.80. The molecule has 3 saturated carbocycles. The molecule has 0 aromatic heterocycles. The summed E-state index contributed by atoms with van der Waals surface area (Å²) in [5, 5.41) is 112. The van der Waals surface area contributed by atoms with E-state index in [9.17, 15) is 78.4 Å². The number of carbonyl (C=O) groups excluding carboxylic acids is 3. The highest BCUT2D eigenvalue weighted by Crippen LogP contribution is 2.76. The summed E-state index contributed by atoms with van der Waals surface area (Å²) in [5.41, 5.74) is -4.99. The van der Waals surface area contributed by atoms with Gasteiger partial charge in [-0.15, -0.1) is 0 Å². The van der Waals surface area contributed by atoms with E-state index in [0.717, 1.165) is 5.57 Å². The monoisotopic (exact) mass is 1240 g/mol. The van der Waals surface area contributed by atoms with Gasteiger partial charge in [0, 0.05) is 26.4 Å². The first kappa shape index (κ1) is 66.9. The average molecular weight is 1240 g/mol. The number of fused-ring (bicyclic) bond motifs is 4. The van der Waals surface area contributed by atoms with Crippen molar-refractivity contribution in [2.24, 2.45) is 39.4 Å². The SMILES string of the molecule is CO[C@@H]1[C@@H](O)[C@H](O[C@@H]2[C@@H](O)[C@H](O[C@H]3[C@H](O)[C@@H](O)[C@H](O[C@H]4[C@H](O[C@H]5CC[C@]6(C)C7=C[C@H](O)[C@]89C(=O)O[C@@](C)(C(=O)CCC(C)(C)OC(C)=O)[C@H]8CC[C@@]9(C)[C@@H]7CC[C@H]6C5(C)C)OC[C@@H](OS(=O)(=O)O)[C@@H]4O)O[C@@H]3C)O[C@H](CO)[C@H]2O)O[C@H](CO)[C@H]1O. The number of hydrogen-bond donors (Lipinski definition) is 11. The molecule has 0 bridgehead atoms. The highest BCUT2D eigenvalue weighted by atomic mass is 32.3. The third-order valence-corrected chi connectivity index (χ3v) is 21.5. The van der Waals surface area contributed by atoms with Crippen molar-refractivity contribution in [1.29, 1.82) is 0 Å². The lowest BCUT2D eigenvalue weighted by atomic mass is 9.40. The van der Waals surface area contributed by atoms with Crippen LogP contribution in [0.5, 0.6) is 0 Å². The van der Waals surface area contributed by atoms with Gasteiger partial charge in [0.15, 0.2) is 36.5 Å². The van der Waals surface area contributed by atoms with Crippen LogP contribution in [0.3, 0.4) is 0 Å². The summed E-state index contributed by atoms with van der Waals surface area (Å²) in [6, 6.07) is 0. The summed E-state index contributed by atoms with van der Waals surface area (Å²) >= 11 is 0. The molecular formula is C56H88O28S. The summed E-state index contributed by atoms with van der Waals surface area (Å²) in [7, 11) is -4.03. The zero-order chi connectivity index (χ0) is 62.6. The third kappa shape index (κ3) is 11.5. The quantitative estimate of drug-likeness (QED) is 0.0317. The lowest BCUT2D eigenvalue weighted by molar-refractivity contribution is -0.389. The second-order valence-electron chi connectivity index (χ2n) is 26.7. The van der Waals surface area contributed by atoms with Gasteiger partial charge in [-0.25, -0.2) is 4.18 Å². The predicted molar refractivity (Wildman–Crippen MR) is 284 cm³/mol. The van der Waals surface area contributed by atoms with E-state index in [0.29, 0.717) is 38.5 Å². The maximum atomic E-state index is 14.6. The Morgan fingerprint density at radius 3 is 1.89 bits per heavy atom. The van der Waals surface area contributed by atoms with Crippen LogP contribution in [0, 0.1) is 39.4 Å². The van der Waals surface area contributed by atoms with Crippen LogP contribution in [0.1, 0.15) is 114 Å². The van der Waals surface area contributed by atoms with Gasteiger partial charge >= 0.3 is 22.3 Å². The summed E-state index contributed by atoms with van der Waals surface area (Å²) < 4.78 is 103. The second kappa shape index (κ2) is 24.3. The number of Topliss-reactive ketones (excluding diaryl/α,β-unsaturated/α-hetero) is 1. The molecule has 0 aromatic rings. The standard InChI is InChI=1S/C56H88O28S/c1-23-42(79-48-41(68)44(36(63)28(21-58)77-48)80-47-40(67)43(73-10)35(62)27(20-57)76-47)38(65)39(66)46(75-23)81-45-37(64)29(84-85(70,71)72)22-74-49(45)78-34-15-17-53(7)26-19-33(61)56-31(13-18-54(56,8)25(26)11-12-30(53)52(34,5)6)55(9,83-50(56)69)32(60)14-16-51(3,4)82-24(2)59/h19,23,25,27-31,33-49,57-58,61-68H,11-18,20-22H2,1-10H3,(H,70,71,72)/t23-,25-,27-,28-,29-,30+,31-,33+,34+,35-,36-,37+,38-,39-,40-,41-,42-,43+,44+,45-,46+,47+,48+,49+,53-,54+,55-,56+/m1/s1. The van der Waals surface area contributed by atoms with Crippen molar-refractivity contribution < 1.29 is 135 Å². The molecule has 28 atom stereocenters. The van der Waals surface area contributed by atoms with Gasteiger partial charge in [0.2, 0.25) is 0 Å². The maximum Gasteiger partial charge on any atom is 0.397 e. The van der Waals surface area contributed by atoms with Gasteiger partial charge < -0.3 is 103 Å². The summed E-state index contributed by atoms with van der Waals surface area (Å²) in [6.07, 6.45) is -29.4. The van der Waals surface area contributed by atoms with Crippen molar-refractivity contribution in [2.75, 3.05) is 26.9 Å². The molecule has 0 aromatic carbocycles. The average Bonchev–Trinajstić information content (AvgIpc) is 1.56. The predicted octanol–water partition coefficient (Wildman–Crippen LogP) is -1.65. The van der Waals surface area contributed by atoms with Crippen LogP contribution in [0.15, 0.2) is 11.6 Å². The van der Waals surface area contributed by atoms with Crippen molar-refractivity contribution in [2.45, 2.75) is 254 Å². The Labute approximate surface area is 493 Å². The molecule has 5 saturated heterocycles. The molecule has 9 rings (SSSR count). The molecule has 28 nitrogen and oxygen atoms in total. The van der Waals surface area contributed by atoms with Crippen LogP contribution in [0.25, 0.3) is 0 Å². The molecule has 5 heterocycles. The Kier molecular flexibility index (Phi) is 19.1. The zero-order valence-corrected chi connectivity index (χ0v) is 50.3. The fraction of sp³-hybridized carbons (Fsp3) is 0.911. The number of aliphatic hydroxyl groups is 10. The van der Waals surface area contributed by atoms with E-state index in [1.54, 1.807) is 20.8 Å². The molecule has 0 unspecified atom stereocenters. The highest BCUT2D eigenvalue weighted by Gasteiger charge is 2.80. The Morgan fingerprint density at radius 1 is 0.706 bits per heavy atom. The van der Waals surface area contributed by atoms with Crippen LogP contribution in [0.4, 0.5) is 0 Å². The molecule has 4 aliphatic carbocycles. The Hall–Kier alpha value is -2.54. The van der Waals surface area contributed by atoms with E-state index < -0.39 is 210 Å². The van der Waals surface area contributed by atoms with Crippen molar-refractivity contribution >= 4 is 28.1 Å². The van der Waals surface area contributed by atoms with E-state index in [4.69, 9.17) is 56.3 Å². The van der Waals surface area contributed by atoms with Gasteiger partial charge in [-0.3, -0.25) is 18.9 Å². The topological polar surface area (TPSA) is 419 Å². The summed E-state index contributed by atoms with van der Waals surface area (Å²) in [5.74, 6) is -2.36. The molecule has 29 heteroatoms. The third-order valence-electron chi connectivity index (χ3n) is 21.0. The number of ether oxygens (including phenoxy) is 11. The van der Waals surface area contributed by atoms with E-state index in [1.807, 2.05) is 26.8 Å². The fourth-order valence-electron chi connectivity index (χ4n) is 16.6. The number of carbonyl (C=O) groups is 3. The maximum absolute atomic E-state index is 14.6. The lowest BCUT2D eigenvalue weighted by Gasteiger charge is -2.64. The normalized spacial score (nSPS) is 48.9. The van der Waals surface area contributed by atoms with Crippen molar-refractivity contribution in [1.82, 2.24) is 0 Å². The number of allylic oxidation sites excluding steroid dienone is 1. The van der Waals surface area contributed by atoms with E-state index in [2.05, 4.69) is 6.92 Å². The molecule has 8 fully saturated rings. The number of methoxy groups -OCH3 is 1. The Bertz CT molecular complexity index is 2590. The first-order valence-electron chi connectivity index (χ1n) is 29.3. The molecule has 486 valence electrons. The summed E-state index contributed by atoms with van der Waals surface area (Å²) in [6.45, 7) is 13.7. The number of aliphatic hydroxyl groups excluding tert-OH is 10. The van der Waals surface area contributed by atoms with Crippen LogP contribution in [0.2, 0.25) is 0 Å². The molecule has 9 aliphatic rings. The molecular weight excluding hydrogens is 1150 g/mol. The number of cyclic esters (lactones) is 1. The van der Waals surface area contributed by atoms with Crippen molar-refractivity contribution in [3.8, 4) is 0 Å². The number of rotatable bonds is 18. The Balaban J connectivity index is 0.904. The lowest BCUT2D eigenvalue weighted by Crippen LogP contribution is -2.67. The molecule has 0 amide bonds. The number of ketones is 1. The first-order valence-corrected chi connectivity index (χ1v) is 30.7. The van der Waals surface area contributed by atoms with E-state index in [-0.39, 0.29) is 30.5 Å². The van der Waals surface area contributed by atoms with Crippen LogP contribution in [-0.2, 0) is 81.1 Å². The van der Waals surface area contributed by atoms with Gasteiger partial charge in [-0.2, -0.15) is 8.42 Å². The smallest absolute Gasteiger partial charge is 0.397 e. The van der Waals surface area contributed by atoms with Gasteiger partial charge in [-0.05, 0) is 101 Å². The first-order chi connectivity index (χ1) is 39.6. The fourth-order valence-corrected chi connectivity index (χ4v) is 17.1. The molecule has 11 N–H and O–H groups in total. The molecule has 0 radical (unpaired) electrons. The van der Waals surface area contributed by atoms with Crippen molar-refractivity contribution in [3.05, 3.63) is 11.6 Å². The zero-order valence-electron chi connectivity index (χ0n) is 49.5. The minimum Gasteiger partial charge on any atom is -0.460 e. The van der Waals surface area contributed by atoms with E-state index in [1.165, 1.54) is 21.0 Å². The van der Waals surface area contributed by atoms with Gasteiger partial charge in [0.05, 0.1) is 38.1 Å². The van der Waals surface area contributed by atoms with Gasteiger partial charge in [0.1, 0.15) is 96.5 Å². The Morgan fingerprint density at radius 2 is 1.29 bits per heavy atom. The number of esters is 2. The van der Waals surface area contributed by atoms with Crippen LogP contribution < -0.4 is 0 Å². The summed E-state index contributed by atoms with van der Waals surface area (Å²) in [4.78, 5) is 40.6. The van der Waals surface area contributed by atoms with Crippen molar-refractivity contribution in [3.63, 3.8) is 0 Å². The second-order valence-corrected chi connectivity index (χ2v) is 27.7. The minimum atomic E-state index is -5.21. The van der Waals surface area contributed by atoms with Gasteiger partial charge in [0.25, 0.3) is 0 Å². The van der Waals surface area contributed by atoms with Crippen LogP contribution in [-0.4, -0.2) is 249 Å². The van der Waals surface area contributed by atoms with E-state index >= 15 is 0 Å². The van der Waals surface area contributed by atoms with Gasteiger partial charge in [-0.1, -0.05) is 39.3 Å². The minimum absolute atomic E-state index is 0.0219. The number of hydrogen-bond acceptors (Lipinski definition) is 27. The van der Waals surface area contributed by atoms with Crippen LogP contribution >= 0.6 is 0 Å². The largest absolute Gasteiger partial charge is 0.460 e. The molecule has 1 spiro atoms. The molecule has 85 heavy (non-hydrogen) atoms.